The minimum absolute atomic E-state index is 0.261. The Balaban J connectivity index is 2.16. The van der Waals surface area contributed by atoms with Gasteiger partial charge in [-0.3, -0.25) is 0 Å². The van der Waals surface area contributed by atoms with Crippen molar-refractivity contribution in [3.8, 4) is 0 Å². The van der Waals surface area contributed by atoms with Gasteiger partial charge in [-0.25, -0.2) is 8.42 Å². The maximum Gasteiger partial charge on any atom is 0.178 e. The van der Waals surface area contributed by atoms with Crippen LogP contribution in [0.1, 0.15) is 30.4 Å². The van der Waals surface area contributed by atoms with Crippen molar-refractivity contribution in [1.29, 1.82) is 0 Å². The number of rotatable bonds is 5. The van der Waals surface area contributed by atoms with Gasteiger partial charge in [0.1, 0.15) is 0 Å². The van der Waals surface area contributed by atoms with Crippen molar-refractivity contribution in [2.75, 3.05) is 11.1 Å². The molecule has 0 saturated carbocycles. The van der Waals surface area contributed by atoms with E-state index in [1.54, 1.807) is 6.07 Å². The highest BCUT2D eigenvalue weighted by molar-refractivity contribution is 9.09. The molecule has 0 N–H and O–H groups in total. The van der Waals surface area contributed by atoms with E-state index in [-0.39, 0.29) is 5.75 Å². The van der Waals surface area contributed by atoms with Crippen molar-refractivity contribution in [2.24, 2.45) is 0 Å². The molecule has 4 heteroatoms. The van der Waals surface area contributed by atoms with E-state index in [4.69, 9.17) is 0 Å². The third kappa shape index (κ3) is 3.10. The Kier molecular flexibility index (Phi) is 4.26. The lowest BCUT2D eigenvalue weighted by atomic mass is 10.1. The summed E-state index contributed by atoms with van der Waals surface area (Å²) in [7, 11) is -3.07. The van der Waals surface area contributed by atoms with Crippen LogP contribution in [0.3, 0.4) is 0 Å². The molecular formula is C13H17BrO2S. The molecule has 2 nitrogen and oxygen atoms in total. The van der Waals surface area contributed by atoms with Gasteiger partial charge in [0.25, 0.3) is 0 Å². The number of unbranched alkanes of at least 4 members (excludes halogenated alkanes) is 1. The average molecular weight is 317 g/mol. The Hall–Kier alpha value is -0.350. The van der Waals surface area contributed by atoms with Crippen molar-refractivity contribution >= 4 is 25.8 Å². The molecule has 0 fully saturated rings. The number of hydrogen-bond donors (Lipinski definition) is 0. The monoisotopic (exact) mass is 316 g/mol. The summed E-state index contributed by atoms with van der Waals surface area (Å²) in [6.45, 7) is 0. The predicted octanol–water partition coefficient (Wildman–Crippen LogP) is 3.12. The van der Waals surface area contributed by atoms with Crippen molar-refractivity contribution in [2.45, 2.75) is 37.0 Å². The minimum Gasteiger partial charge on any atom is -0.224 e. The summed E-state index contributed by atoms with van der Waals surface area (Å²) >= 11 is 3.32. The Morgan fingerprint density at radius 1 is 1.12 bits per heavy atom. The SMILES string of the molecule is O=S(=O)(CCCCBr)c1ccc2c(c1)CCC2. The van der Waals surface area contributed by atoms with Gasteiger partial charge >= 0.3 is 0 Å². The van der Waals surface area contributed by atoms with Gasteiger partial charge in [-0.15, -0.1) is 0 Å². The second-order valence-electron chi connectivity index (χ2n) is 4.50. The summed E-state index contributed by atoms with van der Waals surface area (Å²) in [5.74, 6) is 0.261. The molecule has 0 atom stereocenters. The quantitative estimate of drug-likeness (QED) is 0.618. The third-order valence-corrected chi connectivity index (χ3v) is 5.58. The smallest absolute Gasteiger partial charge is 0.178 e. The molecule has 0 aromatic heterocycles. The first-order valence-corrected chi connectivity index (χ1v) is 8.81. The molecule has 0 amide bonds. The maximum atomic E-state index is 12.1. The standard InChI is InChI=1S/C13H17BrO2S/c14-8-1-2-9-17(15,16)13-7-6-11-4-3-5-12(11)10-13/h6-7,10H,1-5,8-9H2. The van der Waals surface area contributed by atoms with Gasteiger partial charge in [-0.05, 0) is 55.4 Å². The highest BCUT2D eigenvalue weighted by Crippen LogP contribution is 2.25. The fourth-order valence-corrected chi connectivity index (χ4v) is 4.06. The lowest BCUT2D eigenvalue weighted by Gasteiger charge is -2.06. The second kappa shape index (κ2) is 5.53. The molecule has 1 aromatic rings. The summed E-state index contributed by atoms with van der Waals surface area (Å²) in [6.07, 6.45) is 4.91. The van der Waals surface area contributed by atoms with Gasteiger partial charge in [0, 0.05) is 5.33 Å². The fraction of sp³-hybridized carbons (Fsp3) is 0.538. The molecule has 0 aliphatic heterocycles. The first kappa shape index (κ1) is 13.1. The number of benzene rings is 1. The van der Waals surface area contributed by atoms with Crippen LogP contribution < -0.4 is 0 Å². The number of alkyl halides is 1. The minimum atomic E-state index is -3.07. The Labute approximate surface area is 111 Å². The first-order chi connectivity index (χ1) is 8.13. The molecule has 94 valence electrons. The summed E-state index contributed by atoms with van der Waals surface area (Å²) in [6, 6.07) is 5.64. The summed E-state index contributed by atoms with van der Waals surface area (Å²) in [4.78, 5) is 0.507. The van der Waals surface area contributed by atoms with Crippen LogP contribution in [-0.2, 0) is 22.7 Å². The van der Waals surface area contributed by atoms with Crippen LogP contribution in [0.15, 0.2) is 23.1 Å². The van der Waals surface area contributed by atoms with Crippen LogP contribution in [0.4, 0.5) is 0 Å². The Bertz CT molecular complexity index is 494. The molecule has 0 heterocycles. The second-order valence-corrected chi connectivity index (χ2v) is 7.40. The highest BCUT2D eigenvalue weighted by atomic mass is 79.9. The van der Waals surface area contributed by atoms with Crippen LogP contribution >= 0.6 is 15.9 Å². The summed E-state index contributed by atoms with van der Waals surface area (Å²) in [5, 5.41) is 0.868. The molecular weight excluding hydrogens is 300 g/mol. The predicted molar refractivity (Wildman–Crippen MR) is 73.5 cm³/mol. The lowest BCUT2D eigenvalue weighted by molar-refractivity contribution is 0.593. The zero-order valence-electron chi connectivity index (χ0n) is 9.78. The van der Waals surface area contributed by atoms with E-state index >= 15 is 0 Å². The molecule has 0 unspecified atom stereocenters. The van der Waals surface area contributed by atoms with E-state index in [9.17, 15) is 8.42 Å². The van der Waals surface area contributed by atoms with Crippen LogP contribution in [0.2, 0.25) is 0 Å². The van der Waals surface area contributed by atoms with E-state index in [0.29, 0.717) is 4.90 Å². The molecule has 0 saturated heterocycles. The fourth-order valence-electron chi connectivity index (χ4n) is 2.25. The van der Waals surface area contributed by atoms with E-state index in [1.807, 2.05) is 12.1 Å². The largest absolute Gasteiger partial charge is 0.224 e. The van der Waals surface area contributed by atoms with Gasteiger partial charge < -0.3 is 0 Å². The van der Waals surface area contributed by atoms with Gasteiger partial charge in [0.15, 0.2) is 9.84 Å². The van der Waals surface area contributed by atoms with Gasteiger partial charge in [0.05, 0.1) is 10.6 Å². The topological polar surface area (TPSA) is 34.1 Å². The average Bonchev–Trinajstić information content (AvgIpc) is 2.76. The summed E-state index contributed by atoms with van der Waals surface area (Å²) < 4.78 is 24.2. The number of halogens is 1. The number of sulfone groups is 1. The van der Waals surface area contributed by atoms with Crippen molar-refractivity contribution in [3.05, 3.63) is 29.3 Å². The zero-order chi connectivity index (χ0) is 12.3. The molecule has 1 aliphatic rings. The normalized spacial score (nSPS) is 14.9. The number of aryl methyl sites for hydroxylation is 2. The van der Waals surface area contributed by atoms with E-state index in [2.05, 4.69) is 15.9 Å². The van der Waals surface area contributed by atoms with Crippen LogP contribution in [0.25, 0.3) is 0 Å². The summed E-state index contributed by atoms with van der Waals surface area (Å²) in [5.41, 5.74) is 2.55. The molecule has 0 spiro atoms. The van der Waals surface area contributed by atoms with Crippen molar-refractivity contribution in [3.63, 3.8) is 0 Å². The number of fused-ring (bicyclic) bond motifs is 1. The molecule has 0 bridgehead atoms. The first-order valence-electron chi connectivity index (χ1n) is 6.04. The molecule has 2 rings (SSSR count). The number of hydrogen-bond acceptors (Lipinski definition) is 2. The molecule has 17 heavy (non-hydrogen) atoms. The molecule has 1 aliphatic carbocycles. The Morgan fingerprint density at radius 3 is 2.65 bits per heavy atom. The van der Waals surface area contributed by atoms with E-state index < -0.39 is 9.84 Å². The highest BCUT2D eigenvalue weighted by Gasteiger charge is 2.17. The van der Waals surface area contributed by atoms with Gasteiger partial charge in [-0.2, -0.15) is 0 Å². The molecule has 0 radical (unpaired) electrons. The van der Waals surface area contributed by atoms with Gasteiger partial charge in [-0.1, -0.05) is 22.0 Å². The maximum absolute atomic E-state index is 12.1. The van der Waals surface area contributed by atoms with Crippen molar-refractivity contribution < 1.29 is 8.42 Å². The molecule has 1 aromatic carbocycles. The lowest BCUT2D eigenvalue weighted by Crippen LogP contribution is -2.07. The third-order valence-electron chi connectivity index (χ3n) is 3.23. The van der Waals surface area contributed by atoms with Crippen LogP contribution in [0, 0.1) is 0 Å². The zero-order valence-corrected chi connectivity index (χ0v) is 12.2. The van der Waals surface area contributed by atoms with Gasteiger partial charge in [0.2, 0.25) is 0 Å². The van der Waals surface area contributed by atoms with Crippen LogP contribution in [-0.4, -0.2) is 19.5 Å². The van der Waals surface area contributed by atoms with Crippen molar-refractivity contribution in [1.82, 2.24) is 0 Å². The van der Waals surface area contributed by atoms with E-state index in [1.165, 1.54) is 11.1 Å². The van der Waals surface area contributed by atoms with Crippen LogP contribution in [0.5, 0.6) is 0 Å². The van der Waals surface area contributed by atoms with E-state index in [0.717, 1.165) is 37.4 Å². The Morgan fingerprint density at radius 2 is 1.88 bits per heavy atom.